The molecule has 1 aliphatic rings. The van der Waals surface area contributed by atoms with Crippen molar-refractivity contribution in [1.82, 2.24) is 0 Å². The summed E-state index contributed by atoms with van der Waals surface area (Å²) in [6, 6.07) is 0. The van der Waals surface area contributed by atoms with Gasteiger partial charge in [-0.05, 0) is 0 Å². The Morgan fingerprint density at radius 1 is 2.00 bits per heavy atom. The lowest BCUT2D eigenvalue weighted by Gasteiger charge is -1.83. The zero-order valence-electron chi connectivity index (χ0n) is 3.12. The molecule has 0 unspecified atom stereocenters. The molecule has 3 nitrogen and oxygen atoms in total. The summed E-state index contributed by atoms with van der Waals surface area (Å²) >= 11 is 0. The van der Waals surface area contributed by atoms with Gasteiger partial charge in [-0.3, -0.25) is 0 Å². The van der Waals surface area contributed by atoms with Gasteiger partial charge in [0.2, 0.25) is 0 Å². The molecule has 0 aromatic rings. The van der Waals surface area contributed by atoms with Gasteiger partial charge in [-0.2, -0.15) is 5.41 Å². The van der Waals surface area contributed by atoms with Gasteiger partial charge in [0.25, 0.3) is 0 Å². The summed E-state index contributed by atoms with van der Waals surface area (Å²) in [5.41, 5.74) is 0. The zero-order valence-corrected chi connectivity index (χ0v) is 3.12. The fourth-order valence-corrected chi connectivity index (χ4v) is 0.242. The first-order valence-electron chi connectivity index (χ1n) is 1.60. The molecule has 0 bridgehead atoms. The first kappa shape index (κ1) is 3.33. The number of ether oxygens (including phenoxy) is 1. The lowest BCUT2D eigenvalue weighted by molar-refractivity contribution is -0.309. The lowest BCUT2D eigenvalue weighted by atomic mass is 10.7. The van der Waals surface area contributed by atoms with Crippen LogP contribution in [0.1, 0.15) is 0 Å². The fraction of sp³-hybridized carbons (Fsp3) is 0.333. The maximum atomic E-state index is 6.75. The molecule has 0 aromatic heterocycles. The standard InChI is InChI=1S/C3H4N2O/c4-3-1-6-2-5-3/h4-5H,1H2. The Labute approximate surface area is 35.2 Å². The van der Waals surface area contributed by atoms with Crippen LogP contribution in [0, 0.1) is 5.41 Å². The van der Waals surface area contributed by atoms with Gasteiger partial charge in [0.1, 0.15) is 13.0 Å². The number of hydrogen-bond acceptors (Lipinski definition) is 2. The van der Waals surface area contributed by atoms with Crippen LogP contribution in [0.4, 0.5) is 0 Å². The minimum atomic E-state index is 0.347. The summed E-state index contributed by atoms with van der Waals surface area (Å²) in [6.07, 6.45) is 2.30. The van der Waals surface area contributed by atoms with Crippen molar-refractivity contribution in [1.29, 1.82) is 5.41 Å². The molecule has 0 atom stereocenters. The predicted molar refractivity (Wildman–Crippen MR) is 19.6 cm³/mol. The molecule has 1 heterocycles. The topological polar surface area (TPSA) is 47.0 Å². The molecule has 0 saturated carbocycles. The van der Waals surface area contributed by atoms with Crippen molar-refractivity contribution < 1.29 is 9.73 Å². The maximum Gasteiger partial charge on any atom is 0.178 e. The summed E-state index contributed by atoms with van der Waals surface area (Å²) in [5, 5.41) is 6.75. The molecular formula is C3H4N2O. The summed E-state index contributed by atoms with van der Waals surface area (Å²) in [5.74, 6) is 0.370. The van der Waals surface area contributed by atoms with Crippen LogP contribution in [0.25, 0.3) is 0 Å². The van der Waals surface area contributed by atoms with Gasteiger partial charge >= 0.3 is 0 Å². The lowest BCUT2D eigenvalue weighted by Crippen LogP contribution is -2.70. The van der Waals surface area contributed by atoms with E-state index in [1.165, 1.54) is 0 Å². The number of amidine groups is 1. The summed E-state index contributed by atoms with van der Waals surface area (Å²) in [7, 11) is 0. The van der Waals surface area contributed by atoms with Crippen molar-refractivity contribution in [3.63, 3.8) is 0 Å². The van der Waals surface area contributed by atoms with Gasteiger partial charge in [-0.1, -0.05) is 0 Å². The van der Waals surface area contributed by atoms with E-state index < -0.39 is 0 Å². The van der Waals surface area contributed by atoms with E-state index in [1.54, 1.807) is 0 Å². The van der Waals surface area contributed by atoms with Crippen LogP contribution in [-0.4, -0.2) is 18.8 Å². The Balaban J connectivity index is 2.59. The van der Waals surface area contributed by atoms with Crippen LogP contribution in [0.3, 0.4) is 0 Å². The minimum Gasteiger partial charge on any atom is -0.560 e. The largest absolute Gasteiger partial charge is 0.560 e. The SMILES string of the molecule is N=C1CO[C-]=[NH+]1. The number of hydrogen-bond donors (Lipinski definition) is 2. The van der Waals surface area contributed by atoms with Gasteiger partial charge in [-0.15, -0.1) is 0 Å². The molecule has 0 spiro atoms. The van der Waals surface area contributed by atoms with Crippen molar-refractivity contribution in [2.45, 2.75) is 0 Å². The normalized spacial score (nSPS) is 18.3. The third-order valence-corrected chi connectivity index (χ3v) is 0.491. The van der Waals surface area contributed by atoms with Crippen molar-refractivity contribution in [2.24, 2.45) is 0 Å². The molecule has 0 fully saturated rings. The summed E-state index contributed by atoms with van der Waals surface area (Å²) in [4.78, 5) is 2.43. The van der Waals surface area contributed by atoms with Crippen LogP contribution >= 0.6 is 0 Å². The highest BCUT2D eigenvalue weighted by Gasteiger charge is 1.91. The maximum absolute atomic E-state index is 6.75. The predicted octanol–water partition coefficient (Wildman–Crippen LogP) is -2.02. The van der Waals surface area contributed by atoms with Crippen LogP contribution < -0.4 is 4.99 Å². The molecule has 32 valence electrons. The highest BCUT2D eigenvalue weighted by molar-refractivity contribution is 5.76. The van der Waals surface area contributed by atoms with Gasteiger partial charge < -0.3 is 9.73 Å². The van der Waals surface area contributed by atoms with Gasteiger partial charge in [0.15, 0.2) is 5.84 Å². The second-order valence-electron chi connectivity index (χ2n) is 0.994. The highest BCUT2D eigenvalue weighted by Crippen LogP contribution is 1.63. The van der Waals surface area contributed by atoms with Crippen molar-refractivity contribution in [2.75, 3.05) is 6.61 Å². The first-order chi connectivity index (χ1) is 2.89. The average molecular weight is 84.1 g/mol. The molecule has 6 heavy (non-hydrogen) atoms. The van der Waals surface area contributed by atoms with E-state index in [0.717, 1.165) is 0 Å². The number of rotatable bonds is 0. The number of nitrogens with one attached hydrogen (secondary N) is 2. The van der Waals surface area contributed by atoms with E-state index in [4.69, 9.17) is 5.41 Å². The summed E-state index contributed by atoms with van der Waals surface area (Å²) < 4.78 is 4.47. The Bertz CT molecular complexity index is 97.0. The molecule has 1 aliphatic heterocycles. The van der Waals surface area contributed by atoms with E-state index in [1.807, 2.05) is 0 Å². The average Bonchev–Trinajstić information content (AvgIpc) is 1.86. The molecule has 0 radical (unpaired) electrons. The molecule has 0 aliphatic carbocycles. The van der Waals surface area contributed by atoms with E-state index in [9.17, 15) is 0 Å². The smallest absolute Gasteiger partial charge is 0.178 e. The molecule has 2 N–H and O–H groups in total. The molecule has 1 rings (SSSR count). The van der Waals surface area contributed by atoms with Crippen LogP contribution in [0.15, 0.2) is 0 Å². The third kappa shape index (κ3) is 0.381. The van der Waals surface area contributed by atoms with Crippen LogP contribution in [0.2, 0.25) is 0 Å². The second-order valence-corrected chi connectivity index (χ2v) is 0.994. The van der Waals surface area contributed by atoms with Crippen LogP contribution in [-0.2, 0) is 4.74 Å². The Morgan fingerprint density at radius 3 is 3.00 bits per heavy atom. The van der Waals surface area contributed by atoms with E-state index >= 15 is 0 Å². The summed E-state index contributed by atoms with van der Waals surface area (Å²) in [6.45, 7) is 0.347. The fourth-order valence-electron chi connectivity index (χ4n) is 0.242. The Hall–Kier alpha value is -0.860. The molecule has 0 saturated heterocycles. The molecule has 0 amide bonds. The van der Waals surface area contributed by atoms with Crippen LogP contribution in [0.5, 0.6) is 0 Å². The highest BCUT2D eigenvalue weighted by atomic mass is 16.5. The van der Waals surface area contributed by atoms with E-state index in [0.29, 0.717) is 12.4 Å². The zero-order chi connectivity index (χ0) is 4.41. The van der Waals surface area contributed by atoms with E-state index in [2.05, 4.69) is 16.1 Å². The van der Waals surface area contributed by atoms with E-state index in [-0.39, 0.29) is 0 Å². The van der Waals surface area contributed by atoms with Gasteiger partial charge in [0, 0.05) is 0 Å². The Kier molecular flexibility index (Phi) is 0.602. The molecule has 0 aromatic carbocycles. The van der Waals surface area contributed by atoms with Crippen molar-refractivity contribution in [3.05, 3.63) is 0 Å². The van der Waals surface area contributed by atoms with Crippen molar-refractivity contribution >= 4 is 12.2 Å². The molecular weight excluding hydrogens is 80.0 g/mol. The van der Waals surface area contributed by atoms with Gasteiger partial charge in [0.05, 0.1) is 0 Å². The van der Waals surface area contributed by atoms with Crippen molar-refractivity contribution in [3.8, 4) is 0 Å². The second kappa shape index (κ2) is 1.08. The monoisotopic (exact) mass is 84.0 g/mol. The third-order valence-electron chi connectivity index (χ3n) is 0.491. The molecule has 3 heteroatoms. The Morgan fingerprint density at radius 2 is 2.83 bits per heavy atom. The first-order valence-corrected chi connectivity index (χ1v) is 1.60. The van der Waals surface area contributed by atoms with Gasteiger partial charge in [-0.25, -0.2) is 0 Å². The minimum absolute atomic E-state index is 0.347. The quantitative estimate of drug-likeness (QED) is 0.327.